The Labute approximate surface area is 120 Å². The van der Waals surface area contributed by atoms with E-state index in [9.17, 15) is 13.6 Å². The normalized spacial score (nSPS) is 22.0. The highest BCUT2D eigenvalue weighted by Gasteiger charge is 2.40. The Morgan fingerprint density at radius 2 is 2.14 bits per heavy atom. The molecule has 0 aliphatic carbocycles. The van der Waals surface area contributed by atoms with Crippen LogP contribution in [0, 0.1) is 0 Å². The smallest absolute Gasteiger partial charge is 0.407 e. The van der Waals surface area contributed by atoms with Crippen molar-refractivity contribution in [3.05, 3.63) is 35.9 Å². The Kier molecular flexibility index (Phi) is 4.72. The number of nitrogens with zero attached hydrogens (tertiary/aromatic N) is 2. The van der Waals surface area contributed by atoms with Gasteiger partial charge in [0.2, 0.25) is 0 Å². The Morgan fingerprint density at radius 3 is 2.81 bits per heavy atom. The average molecular weight is 298 g/mol. The molecule has 7 heteroatoms. The van der Waals surface area contributed by atoms with E-state index in [1.807, 2.05) is 18.2 Å². The van der Waals surface area contributed by atoms with Gasteiger partial charge in [-0.05, 0) is 5.56 Å². The Bertz CT molecular complexity index is 508. The second kappa shape index (κ2) is 6.51. The number of benzene rings is 1. The molecule has 114 valence electrons. The minimum Gasteiger partial charge on any atom is -0.465 e. The average Bonchev–Trinajstić information content (AvgIpc) is 2.58. The fourth-order valence-electron chi connectivity index (χ4n) is 2.13. The second-order valence-electron chi connectivity index (χ2n) is 4.93. The van der Waals surface area contributed by atoms with Gasteiger partial charge in [-0.15, -0.1) is 0 Å². The highest BCUT2D eigenvalue weighted by molar-refractivity contribution is 5.78. The lowest BCUT2D eigenvalue weighted by atomic mass is 10.1. The van der Waals surface area contributed by atoms with Crippen molar-refractivity contribution in [1.82, 2.24) is 4.90 Å². The number of oxime groups is 1. The maximum atomic E-state index is 13.6. The molecule has 1 aromatic rings. The molecule has 0 radical (unpaired) electrons. The molecule has 1 heterocycles. The number of rotatable bonds is 3. The van der Waals surface area contributed by atoms with Gasteiger partial charge in [-0.3, -0.25) is 0 Å². The van der Waals surface area contributed by atoms with E-state index in [0.717, 1.165) is 5.56 Å². The van der Waals surface area contributed by atoms with Gasteiger partial charge in [-0.2, -0.15) is 0 Å². The van der Waals surface area contributed by atoms with Gasteiger partial charge < -0.3 is 14.8 Å². The first kappa shape index (κ1) is 15.2. The SMILES string of the molecule is O=C(O)N1CCC(O/N=C/c2ccccc2)CC(F)(F)C1. The number of likely N-dealkylation sites (tertiary alicyclic amines) is 1. The first-order valence-electron chi connectivity index (χ1n) is 6.56. The monoisotopic (exact) mass is 298 g/mol. The first-order chi connectivity index (χ1) is 9.96. The number of alkyl halides is 2. The molecule has 1 N–H and O–H groups in total. The molecule has 1 aromatic carbocycles. The fraction of sp³-hybridized carbons (Fsp3) is 0.429. The van der Waals surface area contributed by atoms with Crippen LogP contribution in [0.4, 0.5) is 13.6 Å². The predicted molar refractivity (Wildman–Crippen MR) is 72.7 cm³/mol. The summed E-state index contributed by atoms with van der Waals surface area (Å²) in [5.74, 6) is -3.11. The quantitative estimate of drug-likeness (QED) is 0.689. The topological polar surface area (TPSA) is 62.1 Å². The number of halogens is 2. The molecule has 0 bridgehead atoms. The highest BCUT2D eigenvalue weighted by atomic mass is 19.3. The number of carbonyl (C=O) groups is 1. The number of hydrogen-bond donors (Lipinski definition) is 1. The van der Waals surface area contributed by atoms with Crippen LogP contribution in [0.2, 0.25) is 0 Å². The summed E-state index contributed by atoms with van der Waals surface area (Å²) < 4.78 is 27.3. The summed E-state index contributed by atoms with van der Waals surface area (Å²) in [6.07, 6.45) is -1.05. The molecule has 1 atom stereocenters. The van der Waals surface area contributed by atoms with Crippen molar-refractivity contribution in [3.8, 4) is 0 Å². The van der Waals surface area contributed by atoms with E-state index in [1.165, 1.54) is 6.21 Å². The van der Waals surface area contributed by atoms with Crippen LogP contribution < -0.4 is 0 Å². The number of carboxylic acid groups (broad SMARTS) is 1. The molecule has 0 aromatic heterocycles. The lowest BCUT2D eigenvalue weighted by Crippen LogP contribution is -2.38. The molecule has 1 aliphatic heterocycles. The molecular formula is C14H16F2N2O3. The van der Waals surface area contributed by atoms with E-state index in [4.69, 9.17) is 9.94 Å². The van der Waals surface area contributed by atoms with Crippen LogP contribution in [0.3, 0.4) is 0 Å². The molecular weight excluding hydrogens is 282 g/mol. The van der Waals surface area contributed by atoms with Crippen LogP contribution in [0.5, 0.6) is 0 Å². The van der Waals surface area contributed by atoms with Gasteiger partial charge in [0, 0.05) is 13.0 Å². The van der Waals surface area contributed by atoms with Crippen molar-refractivity contribution >= 4 is 12.3 Å². The zero-order chi connectivity index (χ0) is 15.3. The predicted octanol–water partition coefficient (Wildman–Crippen LogP) is 2.81. The van der Waals surface area contributed by atoms with E-state index in [0.29, 0.717) is 4.90 Å². The third-order valence-corrected chi connectivity index (χ3v) is 3.15. The Hall–Kier alpha value is -2.18. The van der Waals surface area contributed by atoms with Crippen molar-refractivity contribution in [3.63, 3.8) is 0 Å². The molecule has 1 unspecified atom stereocenters. The van der Waals surface area contributed by atoms with Gasteiger partial charge in [0.15, 0.2) is 0 Å². The van der Waals surface area contributed by atoms with Gasteiger partial charge in [0.1, 0.15) is 6.10 Å². The van der Waals surface area contributed by atoms with Crippen molar-refractivity contribution < 1.29 is 23.5 Å². The van der Waals surface area contributed by atoms with E-state index in [2.05, 4.69) is 5.16 Å². The summed E-state index contributed by atoms with van der Waals surface area (Å²) >= 11 is 0. The first-order valence-corrected chi connectivity index (χ1v) is 6.56. The molecule has 21 heavy (non-hydrogen) atoms. The lowest BCUT2D eigenvalue weighted by molar-refractivity contribution is -0.0624. The van der Waals surface area contributed by atoms with Crippen LogP contribution in [0.15, 0.2) is 35.5 Å². The summed E-state index contributed by atoms with van der Waals surface area (Å²) in [4.78, 5) is 16.6. The number of hydrogen-bond acceptors (Lipinski definition) is 3. The molecule has 5 nitrogen and oxygen atoms in total. The fourth-order valence-corrected chi connectivity index (χ4v) is 2.13. The molecule has 1 amide bonds. The second-order valence-corrected chi connectivity index (χ2v) is 4.93. The summed E-state index contributed by atoms with van der Waals surface area (Å²) in [5.41, 5.74) is 0.796. The standard InChI is InChI=1S/C14H16F2N2O3/c15-14(16)8-12(6-7-18(10-14)13(19)20)21-17-9-11-4-2-1-3-5-11/h1-5,9,12H,6-8,10H2,(H,19,20)/b17-9+. The molecule has 0 spiro atoms. The van der Waals surface area contributed by atoms with Crippen LogP contribution in [0.25, 0.3) is 0 Å². The minimum absolute atomic E-state index is 0.0104. The molecule has 0 saturated carbocycles. The van der Waals surface area contributed by atoms with Crippen LogP contribution in [-0.4, -0.2) is 47.4 Å². The number of amides is 1. The lowest BCUT2D eigenvalue weighted by Gasteiger charge is -2.20. The minimum atomic E-state index is -3.11. The van der Waals surface area contributed by atoms with Gasteiger partial charge >= 0.3 is 6.09 Å². The van der Waals surface area contributed by atoms with Crippen molar-refractivity contribution in [1.29, 1.82) is 0 Å². The maximum absolute atomic E-state index is 13.6. The van der Waals surface area contributed by atoms with E-state index in [1.54, 1.807) is 12.1 Å². The van der Waals surface area contributed by atoms with Gasteiger partial charge in [0.05, 0.1) is 19.2 Å². The van der Waals surface area contributed by atoms with E-state index in [-0.39, 0.29) is 13.0 Å². The van der Waals surface area contributed by atoms with E-state index >= 15 is 0 Å². The van der Waals surface area contributed by atoms with Crippen molar-refractivity contribution in [2.75, 3.05) is 13.1 Å². The summed E-state index contributed by atoms with van der Waals surface area (Å²) in [6.45, 7) is -0.791. The molecule has 1 aliphatic rings. The zero-order valence-electron chi connectivity index (χ0n) is 11.3. The molecule has 1 fully saturated rings. The van der Waals surface area contributed by atoms with Gasteiger partial charge in [-0.1, -0.05) is 35.5 Å². The summed E-state index contributed by atoms with van der Waals surface area (Å²) in [6, 6.07) is 9.11. The highest BCUT2D eigenvalue weighted by Crippen LogP contribution is 2.28. The van der Waals surface area contributed by atoms with Crippen LogP contribution in [-0.2, 0) is 4.84 Å². The molecule has 1 saturated heterocycles. The summed E-state index contributed by atoms with van der Waals surface area (Å²) in [5, 5.41) is 12.5. The Morgan fingerprint density at radius 1 is 1.43 bits per heavy atom. The van der Waals surface area contributed by atoms with Gasteiger partial charge in [-0.25, -0.2) is 13.6 Å². The third kappa shape index (κ3) is 4.70. The largest absolute Gasteiger partial charge is 0.465 e. The third-order valence-electron chi connectivity index (χ3n) is 3.15. The van der Waals surface area contributed by atoms with E-state index < -0.39 is 31.1 Å². The van der Waals surface area contributed by atoms with Crippen molar-refractivity contribution in [2.24, 2.45) is 5.16 Å². The van der Waals surface area contributed by atoms with Crippen LogP contribution in [0.1, 0.15) is 18.4 Å². The maximum Gasteiger partial charge on any atom is 0.407 e. The molecule has 2 rings (SSSR count). The Balaban J connectivity index is 1.94. The summed E-state index contributed by atoms with van der Waals surface area (Å²) in [7, 11) is 0. The van der Waals surface area contributed by atoms with Crippen molar-refractivity contribution in [2.45, 2.75) is 24.9 Å². The van der Waals surface area contributed by atoms with Gasteiger partial charge in [0.25, 0.3) is 5.92 Å². The van der Waals surface area contributed by atoms with Crippen LogP contribution >= 0.6 is 0 Å². The zero-order valence-corrected chi connectivity index (χ0v) is 11.3.